The van der Waals surface area contributed by atoms with Gasteiger partial charge in [-0.15, -0.1) is 0 Å². The minimum Gasteiger partial charge on any atom is -0.494 e. The van der Waals surface area contributed by atoms with Gasteiger partial charge in [-0.1, -0.05) is 5.16 Å². The first-order valence-electron chi connectivity index (χ1n) is 6.25. The summed E-state index contributed by atoms with van der Waals surface area (Å²) >= 11 is 0. The van der Waals surface area contributed by atoms with Gasteiger partial charge in [0.05, 0.1) is 13.2 Å². The molecule has 0 saturated carbocycles. The Kier molecular flexibility index (Phi) is 3.94. The zero-order valence-electron chi connectivity index (χ0n) is 11.5. The van der Waals surface area contributed by atoms with Crippen molar-refractivity contribution in [1.29, 1.82) is 0 Å². The summed E-state index contributed by atoms with van der Waals surface area (Å²) in [6, 6.07) is 7.83. The van der Waals surface area contributed by atoms with Crippen LogP contribution in [0.3, 0.4) is 0 Å². The maximum absolute atomic E-state index is 5.53. The van der Waals surface area contributed by atoms with Crippen LogP contribution >= 0.6 is 0 Å². The van der Waals surface area contributed by atoms with Crippen LogP contribution in [-0.2, 0) is 6.54 Å². The van der Waals surface area contributed by atoms with Crippen LogP contribution in [-0.4, -0.2) is 18.8 Å². The summed E-state index contributed by atoms with van der Waals surface area (Å²) in [6.45, 7) is 5.31. The minimum atomic E-state index is 0.409. The van der Waals surface area contributed by atoms with Crippen molar-refractivity contribution in [3.8, 4) is 5.75 Å². The molecule has 1 heterocycles. The lowest BCUT2D eigenvalue weighted by Crippen LogP contribution is -2.16. The quantitative estimate of drug-likeness (QED) is 0.896. The first-order chi connectivity index (χ1) is 9.10. The number of hydrogen-bond acceptors (Lipinski definition) is 5. The molecule has 0 fully saturated rings. The van der Waals surface area contributed by atoms with Crippen LogP contribution in [0.4, 0.5) is 11.5 Å². The van der Waals surface area contributed by atoms with E-state index in [4.69, 9.17) is 15.0 Å². The highest BCUT2D eigenvalue weighted by Crippen LogP contribution is 2.25. The number of nitrogens with zero attached hydrogens (tertiary/aromatic N) is 2. The lowest BCUT2D eigenvalue weighted by atomic mass is 10.2. The number of aromatic nitrogens is 1. The maximum atomic E-state index is 5.53. The second kappa shape index (κ2) is 5.65. The van der Waals surface area contributed by atoms with E-state index in [-0.39, 0.29) is 0 Å². The molecule has 0 aliphatic heterocycles. The topological polar surface area (TPSA) is 64.5 Å². The molecule has 0 spiro atoms. The molecule has 0 saturated heterocycles. The number of aryl methyl sites for hydroxylation is 1. The molecule has 0 aliphatic carbocycles. The lowest BCUT2D eigenvalue weighted by Gasteiger charge is -2.19. The summed E-state index contributed by atoms with van der Waals surface area (Å²) in [5.74, 6) is 2.07. The highest BCUT2D eigenvalue weighted by Gasteiger charge is 2.08. The number of hydrogen-bond donors (Lipinski definition) is 1. The summed E-state index contributed by atoms with van der Waals surface area (Å²) in [5, 5.41) is 3.68. The van der Waals surface area contributed by atoms with E-state index in [1.165, 1.54) is 0 Å². The van der Waals surface area contributed by atoms with E-state index in [1.54, 1.807) is 6.07 Å². The zero-order valence-corrected chi connectivity index (χ0v) is 11.5. The molecule has 1 aromatic carbocycles. The number of nitrogens with two attached hydrogens (primary N) is 1. The van der Waals surface area contributed by atoms with Crippen LogP contribution in [0.5, 0.6) is 5.75 Å². The van der Waals surface area contributed by atoms with Gasteiger partial charge in [0, 0.05) is 18.8 Å². The second-order valence-electron chi connectivity index (χ2n) is 4.46. The molecule has 1 aromatic heterocycles. The Hall–Kier alpha value is -2.17. The number of ether oxygens (including phenoxy) is 1. The first kappa shape index (κ1) is 13.3. The van der Waals surface area contributed by atoms with Crippen LogP contribution in [0.25, 0.3) is 0 Å². The Labute approximate surface area is 112 Å². The molecule has 102 valence electrons. The third-order valence-corrected chi connectivity index (χ3v) is 2.87. The Morgan fingerprint density at radius 3 is 2.74 bits per heavy atom. The Morgan fingerprint density at radius 2 is 2.16 bits per heavy atom. The van der Waals surface area contributed by atoms with Crippen molar-refractivity contribution in [2.45, 2.75) is 20.4 Å². The van der Waals surface area contributed by atoms with Gasteiger partial charge < -0.3 is 19.9 Å². The van der Waals surface area contributed by atoms with Gasteiger partial charge in [0.2, 0.25) is 0 Å². The van der Waals surface area contributed by atoms with Crippen molar-refractivity contribution in [3.05, 3.63) is 35.6 Å². The Morgan fingerprint density at radius 1 is 1.37 bits per heavy atom. The minimum absolute atomic E-state index is 0.409. The molecule has 2 aromatic rings. The average Bonchev–Trinajstić information content (AvgIpc) is 2.77. The van der Waals surface area contributed by atoms with Crippen LogP contribution < -0.4 is 15.4 Å². The first-order valence-corrected chi connectivity index (χ1v) is 6.25. The van der Waals surface area contributed by atoms with E-state index in [0.717, 1.165) is 22.8 Å². The van der Waals surface area contributed by atoms with Crippen molar-refractivity contribution in [2.75, 3.05) is 24.3 Å². The molecule has 2 N–H and O–H groups in total. The third-order valence-electron chi connectivity index (χ3n) is 2.87. The predicted octanol–water partition coefficient (Wildman–Crippen LogP) is 2.60. The number of nitrogen functional groups attached to an aromatic ring is 1. The zero-order chi connectivity index (χ0) is 13.8. The van der Waals surface area contributed by atoms with Gasteiger partial charge in [0.1, 0.15) is 5.75 Å². The van der Waals surface area contributed by atoms with Gasteiger partial charge in [-0.3, -0.25) is 0 Å². The van der Waals surface area contributed by atoms with E-state index in [0.29, 0.717) is 19.0 Å². The fourth-order valence-corrected chi connectivity index (χ4v) is 1.92. The number of rotatable bonds is 5. The summed E-state index contributed by atoms with van der Waals surface area (Å²) in [7, 11) is 1.99. The fourth-order valence-electron chi connectivity index (χ4n) is 1.92. The lowest BCUT2D eigenvalue weighted by molar-refractivity contribution is 0.338. The fraction of sp³-hybridized carbons (Fsp3) is 0.357. The van der Waals surface area contributed by atoms with E-state index in [1.807, 2.05) is 33.0 Å². The van der Waals surface area contributed by atoms with Crippen LogP contribution in [0.1, 0.15) is 18.2 Å². The molecule has 0 amide bonds. The molecule has 2 rings (SSSR count). The summed E-state index contributed by atoms with van der Waals surface area (Å²) in [4.78, 5) is 2.07. The van der Waals surface area contributed by atoms with Crippen molar-refractivity contribution in [1.82, 2.24) is 5.16 Å². The van der Waals surface area contributed by atoms with E-state index >= 15 is 0 Å². The molecular weight excluding hydrogens is 242 g/mol. The molecule has 0 radical (unpaired) electrons. The second-order valence-corrected chi connectivity index (χ2v) is 4.46. The predicted molar refractivity (Wildman–Crippen MR) is 75.4 cm³/mol. The summed E-state index contributed by atoms with van der Waals surface area (Å²) in [6.07, 6.45) is 0. The van der Waals surface area contributed by atoms with Gasteiger partial charge in [0.25, 0.3) is 0 Å². The van der Waals surface area contributed by atoms with Crippen LogP contribution in [0.15, 0.2) is 28.8 Å². The van der Waals surface area contributed by atoms with Crippen molar-refractivity contribution in [3.63, 3.8) is 0 Å². The summed E-state index contributed by atoms with van der Waals surface area (Å²) < 4.78 is 10.6. The highest BCUT2D eigenvalue weighted by molar-refractivity contribution is 5.52. The van der Waals surface area contributed by atoms with Crippen molar-refractivity contribution >= 4 is 11.5 Å². The van der Waals surface area contributed by atoms with Crippen LogP contribution in [0, 0.1) is 6.92 Å². The van der Waals surface area contributed by atoms with Crippen LogP contribution in [0.2, 0.25) is 0 Å². The normalized spacial score (nSPS) is 10.5. The smallest absolute Gasteiger partial charge is 0.167 e. The van der Waals surface area contributed by atoms with Gasteiger partial charge in [-0.05, 0) is 37.6 Å². The van der Waals surface area contributed by atoms with Gasteiger partial charge in [-0.2, -0.15) is 0 Å². The molecule has 5 heteroatoms. The van der Waals surface area contributed by atoms with E-state index in [9.17, 15) is 0 Å². The molecule has 0 atom stereocenters. The average molecular weight is 261 g/mol. The highest BCUT2D eigenvalue weighted by atomic mass is 16.5. The Balaban J connectivity index is 2.10. The van der Waals surface area contributed by atoms with Gasteiger partial charge >= 0.3 is 0 Å². The van der Waals surface area contributed by atoms with Gasteiger partial charge in [0.15, 0.2) is 11.6 Å². The molecular formula is C14H19N3O2. The number of benzene rings is 1. The number of anilines is 2. The van der Waals surface area contributed by atoms with Crippen molar-refractivity contribution in [2.24, 2.45) is 0 Å². The molecule has 5 nitrogen and oxygen atoms in total. The maximum Gasteiger partial charge on any atom is 0.167 e. The van der Waals surface area contributed by atoms with Gasteiger partial charge in [-0.25, -0.2) is 0 Å². The van der Waals surface area contributed by atoms with E-state index < -0.39 is 0 Å². The SMILES string of the molecule is CCOc1ccc(N(C)Cc2cc(N)no2)cc1C. The molecule has 19 heavy (non-hydrogen) atoms. The molecule has 0 unspecified atom stereocenters. The monoisotopic (exact) mass is 261 g/mol. The Bertz CT molecular complexity index is 551. The third kappa shape index (κ3) is 3.19. The van der Waals surface area contributed by atoms with Crippen molar-refractivity contribution < 1.29 is 9.26 Å². The van der Waals surface area contributed by atoms with E-state index in [2.05, 4.69) is 16.1 Å². The standard InChI is InChI=1S/C14H19N3O2/c1-4-18-13-6-5-11(7-10(13)2)17(3)9-12-8-14(15)16-19-12/h5-8H,4,9H2,1-3H3,(H2,15,16). The summed E-state index contributed by atoms with van der Waals surface area (Å²) in [5.41, 5.74) is 7.74. The molecule has 0 aliphatic rings. The largest absolute Gasteiger partial charge is 0.494 e. The molecule has 0 bridgehead atoms.